The molecule has 0 radical (unpaired) electrons. The summed E-state index contributed by atoms with van der Waals surface area (Å²) in [6.45, 7) is 0. The molecule has 0 saturated carbocycles. The predicted molar refractivity (Wildman–Crippen MR) is 54.9 cm³/mol. The number of carboxylic acids is 1. The summed E-state index contributed by atoms with van der Waals surface area (Å²) < 4.78 is 1.74. The van der Waals surface area contributed by atoms with Crippen molar-refractivity contribution in [2.45, 2.75) is 12.5 Å². The van der Waals surface area contributed by atoms with E-state index in [4.69, 9.17) is 5.11 Å². The molecule has 7 heteroatoms. The Bertz CT molecular complexity index is 375. The normalized spacial score (nSPS) is 12.9. The monoisotopic (exact) mass is 227 g/mol. The molecule has 7 nitrogen and oxygen atoms in total. The first-order chi connectivity index (χ1) is 7.65. The van der Waals surface area contributed by atoms with Gasteiger partial charge in [-0.2, -0.15) is 4.89 Å². The highest BCUT2D eigenvalue weighted by Gasteiger charge is 2.17. The van der Waals surface area contributed by atoms with Crippen LogP contribution >= 0.6 is 0 Å². The van der Waals surface area contributed by atoms with Gasteiger partial charge in [-0.05, 0) is 0 Å². The fourth-order valence-corrected chi connectivity index (χ4v) is 1.12. The van der Waals surface area contributed by atoms with Gasteiger partial charge in [0, 0.05) is 25.4 Å². The van der Waals surface area contributed by atoms with Crippen molar-refractivity contribution in [2.24, 2.45) is 12.0 Å². The fraction of sp³-hybridized carbons (Fsp3) is 0.444. The van der Waals surface area contributed by atoms with Crippen LogP contribution in [0, 0.1) is 0 Å². The zero-order chi connectivity index (χ0) is 12.0. The number of aryl methyl sites for hydroxylation is 1. The van der Waals surface area contributed by atoms with Gasteiger partial charge in [0.15, 0.2) is 6.04 Å². The van der Waals surface area contributed by atoms with E-state index in [9.17, 15) is 4.79 Å². The molecule has 0 spiro atoms. The first-order valence-corrected chi connectivity index (χ1v) is 4.54. The first kappa shape index (κ1) is 12.2. The number of nitrogens with zero attached hydrogens (tertiary/aromatic N) is 3. The molecule has 0 unspecified atom stereocenters. The van der Waals surface area contributed by atoms with Crippen LogP contribution in [0.25, 0.3) is 0 Å². The summed E-state index contributed by atoms with van der Waals surface area (Å²) in [5.41, 5.74) is 0.780. The molecule has 0 bridgehead atoms. The van der Waals surface area contributed by atoms with Crippen LogP contribution in [0.4, 0.5) is 0 Å². The van der Waals surface area contributed by atoms with E-state index in [0.29, 0.717) is 0 Å². The van der Waals surface area contributed by atoms with Crippen molar-refractivity contribution in [3.8, 4) is 0 Å². The second kappa shape index (κ2) is 5.86. The van der Waals surface area contributed by atoms with Gasteiger partial charge in [-0.25, -0.2) is 14.8 Å². The van der Waals surface area contributed by atoms with Crippen molar-refractivity contribution in [1.82, 2.24) is 9.55 Å². The maximum absolute atomic E-state index is 10.9. The predicted octanol–water partition coefficient (Wildman–Crippen LogP) is 0.0221. The SMILES string of the molecule is COO/C=N/[C@@H](Cc1cncn1C)C(=O)O. The summed E-state index contributed by atoms with van der Waals surface area (Å²) in [5, 5.41) is 8.92. The summed E-state index contributed by atoms with van der Waals surface area (Å²) in [6, 6.07) is -0.912. The molecule has 0 saturated heterocycles. The lowest BCUT2D eigenvalue weighted by molar-refractivity contribution is -0.188. The smallest absolute Gasteiger partial charge is 0.328 e. The lowest BCUT2D eigenvalue weighted by Gasteiger charge is -2.07. The minimum atomic E-state index is -1.03. The lowest BCUT2D eigenvalue weighted by Crippen LogP contribution is -2.22. The van der Waals surface area contributed by atoms with Crippen molar-refractivity contribution < 1.29 is 19.7 Å². The Balaban J connectivity index is 2.65. The van der Waals surface area contributed by atoms with Crippen molar-refractivity contribution in [1.29, 1.82) is 0 Å². The number of aromatic nitrogens is 2. The van der Waals surface area contributed by atoms with Gasteiger partial charge in [-0.3, -0.25) is 0 Å². The van der Waals surface area contributed by atoms with E-state index in [1.54, 1.807) is 24.1 Å². The van der Waals surface area contributed by atoms with Gasteiger partial charge >= 0.3 is 5.97 Å². The van der Waals surface area contributed by atoms with Crippen LogP contribution in [-0.2, 0) is 28.0 Å². The van der Waals surface area contributed by atoms with E-state index in [1.165, 1.54) is 7.11 Å². The standard InChI is InChI=1S/C9H13N3O4/c1-12-5-10-4-7(12)3-8(9(13)14)11-6-16-15-2/h4-6,8H,3H2,1-2H3,(H,13,14)/b11-6+/t8-/m0/s1. The minimum absolute atomic E-state index is 0.245. The maximum atomic E-state index is 10.9. The van der Waals surface area contributed by atoms with Crippen molar-refractivity contribution in [3.63, 3.8) is 0 Å². The molecule has 0 aromatic carbocycles. The number of hydrogen-bond donors (Lipinski definition) is 1. The maximum Gasteiger partial charge on any atom is 0.328 e. The number of imidazole rings is 1. The minimum Gasteiger partial charge on any atom is -0.480 e. The highest BCUT2D eigenvalue weighted by molar-refractivity contribution is 5.75. The molecule has 1 atom stereocenters. The molecular weight excluding hydrogens is 214 g/mol. The van der Waals surface area contributed by atoms with Crippen molar-refractivity contribution >= 4 is 12.4 Å². The van der Waals surface area contributed by atoms with E-state index in [1.807, 2.05) is 0 Å². The van der Waals surface area contributed by atoms with Crippen LogP contribution in [0.5, 0.6) is 0 Å². The van der Waals surface area contributed by atoms with Crippen LogP contribution in [0.2, 0.25) is 0 Å². The van der Waals surface area contributed by atoms with Crippen molar-refractivity contribution in [2.75, 3.05) is 7.11 Å². The topological polar surface area (TPSA) is 85.9 Å². The van der Waals surface area contributed by atoms with Gasteiger partial charge in [-0.1, -0.05) is 0 Å². The average molecular weight is 227 g/mol. The second-order valence-corrected chi connectivity index (χ2v) is 3.07. The summed E-state index contributed by atoms with van der Waals surface area (Å²) in [5.74, 6) is -1.03. The highest BCUT2D eigenvalue weighted by atomic mass is 17.2. The summed E-state index contributed by atoms with van der Waals surface area (Å²) in [4.78, 5) is 27.2. The third-order valence-corrected chi connectivity index (χ3v) is 1.98. The number of aliphatic imine (C=N–C) groups is 1. The number of rotatable bonds is 6. The fourth-order valence-electron chi connectivity index (χ4n) is 1.12. The first-order valence-electron chi connectivity index (χ1n) is 4.54. The number of hydrogen-bond acceptors (Lipinski definition) is 5. The summed E-state index contributed by atoms with van der Waals surface area (Å²) >= 11 is 0. The molecule has 0 amide bonds. The van der Waals surface area contributed by atoms with Crippen LogP contribution in [0.15, 0.2) is 17.5 Å². The Labute approximate surface area is 92.3 Å². The Hall–Kier alpha value is -1.89. The molecular formula is C9H13N3O4. The molecule has 16 heavy (non-hydrogen) atoms. The molecule has 88 valence electrons. The van der Waals surface area contributed by atoms with Crippen molar-refractivity contribution in [3.05, 3.63) is 18.2 Å². The summed E-state index contributed by atoms with van der Waals surface area (Å²) in [6.07, 6.45) is 4.41. The molecule has 0 aliphatic carbocycles. The number of aliphatic carboxylic acids is 1. The molecule has 1 N–H and O–H groups in total. The van der Waals surface area contributed by atoms with E-state index in [-0.39, 0.29) is 6.42 Å². The van der Waals surface area contributed by atoms with Crippen LogP contribution in [0.1, 0.15) is 5.69 Å². The van der Waals surface area contributed by atoms with E-state index < -0.39 is 12.0 Å². The van der Waals surface area contributed by atoms with Gasteiger partial charge in [0.25, 0.3) is 0 Å². The molecule has 1 rings (SSSR count). The van der Waals surface area contributed by atoms with Crippen LogP contribution in [0.3, 0.4) is 0 Å². The summed E-state index contributed by atoms with van der Waals surface area (Å²) in [7, 11) is 3.10. The zero-order valence-electron chi connectivity index (χ0n) is 9.03. The third kappa shape index (κ3) is 3.35. The van der Waals surface area contributed by atoms with Crippen LogP contribution in [-0.4, -0.2) is 40.2 Å². The number of carboxylic acid groups (broad SMARTS) is 1. The van der Waals surface area contributed by atoms with Gasteiger partial charge in [-0.15, -0.1) is 0 Å². The number of carbonyl (C=O) groups is 1. The Kier molecular flexibility index (Phi) is 4.46. The Morgan fingerprint density at radius 3 is 3.06 bits per heavy atom. The van der Waals surface area contributed by atoms with Gasteiger partial charge < -0.3 is 14.6 Å². The Morgan fingerprint density at radius 2 is 2.56 bits per heavy atom. The molecule has 1 heterocycles. The second-order valence-electron chi connectivity index (χ2n) is 3.07. The zero-order valence-corrected chi connectivity index (χ0v) is 9.03. The molecule has 1 aromatic heterocycles. The highest BCUT2D eigenvalue weighted by Crippen LogP contribution is 2.04. The van der Waals surface area contributed by atoms with Gasteiger partial charge in [0.05, 0.1) is 13.4 Å². The largest absolute Gasteiger partial charge is 0.480 e. The van der Waals surface area contributed by atoms with E-state index >= 15 is 0 Å². The molecule has 0 aliphatic rings. The van der Waals surface area contributed by atoms with Crippen LogP contribution < -0.4 is 0 Å². The average Bonchev–Trinajstić information content (AvgIpc) is 2.63. The molecule has 1 aromatic rings. The third-order valence-electron chi connectivity index (χ3n) is 1.98. The molecule has 0 fully saturated rings. The Morgan fingerprint density at radius 1 is 1.81 bits per heavy atom. The quantitative estimate of drug-likeness (QED) is 0.320. The van der Waals surface area contributed by atoms with E-state index in [2.05, 4.69) is 19.8 Å². The van der Waals surface area contributed by atoms with Gasteiger partial charge in [0.1, 0.15) is 0 Å². The van der Waals surface area contributed by atoms with Gasteiger partial charge in [0.2, 0.25) is 6.40 Å². The lowest BCUT2D eigenvalue weighted by atomic mass is 10.2. The van der Waals surface area contributed by atoms with E-state index in [0.717, 1.165) is 12.1 Å². The molecule has 0 aliphatic heterocycles.